The van der Waals surface area contributed by atoms with Crippen molar-refractivity contribution in [1.29, 1.82) is 0 Å². The number of carbonyl (C=O) groups is 1. The molecule has 7 nitrogen and oxygen atoms in total. The zero-order valence-corrected chi connectivity index (χ0v) is 16.2. The van der Waals surface area contributed by atoms with E-state index in [1.807, 2.05) is 34.6 Å². The normalized spacial score (nSPS) is 10.0. The van der Waals surface area contributed by atoms with Crippen molar-refractivity contribution in [2.45, 2.75) is 34.6 Å². The van der Waals surface area contributed by atoms with E-state index in [0.717, 1.165) is 6.08 Å². The fourth-order valence-corrected chi connectivity index (χ4v) is 2.23. The number of esters is 1. The Morgan fingerprint density at radius 3 is 1.15 bits per heavy atom. The molecule has 0 atom stereocenters. The van der Waals surface area contributed by atoms with Gasteiger partial charge in [0.2, 0.25) is 34.5 Å². The van der Waals surface area contributed by atoms with Crippen LogP contribution in [0, 0.1) is 0 Å². The van der Waals surface area contributed by atoms with Crippen LogP contribution in [0.2, 0.25) is 0 Å². The molecule has 1 aromatic rings. The Balaban J connectivity index is 3.84. The molecule has 0 unspecified atom stereocenters. The van der Waals surface area contributed by atoms with Crippen LogP contribution in [0.5, 0.6) is 34.5 Å². The lowest BCUT2D eigenvalue weighted by molar-refractivity contribution is -0.129. The lowest BCUT2D eigenvalue weighted by Gasteiger charge is -2.24. The first-order valence-electron chi connectivity index (χ1n) is 8.81. The first-order chi connectivity index (χ1) is 12.6. The Hall–Kier alpha value is -2.57. The second-order valence-electron chi connectivity index (χ2n) is 4.77. The Morgan fingerprint density at radius 1 is 0.654 bits per heavy atom. The van der Waals surface area contributed by atoms with Crippen molar-refractivity contribution in [2.24, 2.45) is 0 Å². The van der Waals surface area contributed by atoms with Gasteiger partial charge in [-0.1, -0.05) is 6.58 Å². The van der Waals surface area contributed by atoms with Gasteiger partial charge in [0, 0.05) is 6.08 Å². The van der Waals surface area contributed by atoms with Crippen LogP contribution in [0.15, 0.2) is 12.7 Å². The summed E-state index contributed by atoms with van der Waals surface area (Å²) >= 11 is 0. The molecule has 0 heterocycles. The van der Waals surface area contributed by atoms with E-state index in [9.17, 15) is 4.79 Å². The van der Waals surface area contributed by atoms with Crippen LogP contribution in [0.25, 0.3) is 0 Å². The van der Waals surface area contributed by atoms with E-state index < -0.39 is 5.97 Å². The Labute approximate surface area is 154 Å². The molecule has 1 rings (SSSR count). The van der Waals surface area contributed by atoms with Gasteiger partial charge in [0.1, 0.15) is 0 Å². The van der Waals surface area contributed by atoms with Gasteiger partial charge in [0.05, 0.1) is 33.0 Å². The molecule has 0 N–H and O–H groups in total. The van der Waals surface area contributed by atoms with Gasteiger partial charge in [-0.25, -0.2) is 4.79 Å². The van der Waals surface area contributed by atoms with E-state index in [-0.39, 0.29) is 17.2 Å². The summed E-state index contributed by atoms with van der Waals surface area (Å²) in [5, 5.41) is 0. The van der Waals surface area contributed by atoms with Gasteiger partial charge in [-0.2, -0.15) is 0 Å². The minimum Gasteiger partial charge on any atom is -0.487 e. The molecule has 0 aliphatic heterocycles. The summed E-state index contributed by atoms with van der Waals surface area (Å²) in [6, 6.07) is 0. The number of hydrogen-bond donors (Lipinski definition) is 0. The van der Waals surface area contributed by atoms with Crippen LogP contribution in [0.1, 0.15) is 34.6 Å². The number of ether oxygens (including phenoxy) is 6. The van der Waals surface area contributed by atoms with Gasteiger partial charge in [-0.3, -0.25) is 0 Å². The van der Waals surface area contributed by atoms with Gasteiger partial charge in [0.15, 0.2) is 0 Å². The van der Waals surface area contributed by atoms with E-state index in [0.29, 0.717) is 50.3 Å². The predicted molar refractivity (Wildman–Crippen MR) is 98.1 cm³/mol. The number of rotatable bonds is 12. The summed E-state index contributed by atoms with van der Waals surface area (Å²) < 4.78 is 34.1. The number of carbonyl (C=O) groups excluding carboxylic acids is 1. The molecule has 0 radical (unpaired) electrons. The highest BCUT2D eigenvalue weighted by atomic mass is 16.6. The van der Waals surface area contributed by atoms with Crippen LogP contribution < -0.4 is 28.4 Å². The number of benzene rings is 1. The molecule has 7 heteroatoms. The van der Waals surface area contributed by atoms with Crippen molar-refractivity contribution in [2.75, 3.05) is 33.0 Å². The molecule has 0 aromatic heterocycles. The quantitative estimate of drug-likeness (QED) is 0.316. The minimum absolute atomic E-state index is 0.0777. The maximum absolute atomic E-state index is 11.9. The summed E-state index contributed by atoms with van der Waals surface area (Å²) in [6.07, 6.45) is 1.06. The number of hydrogen-bond acceptors (Lipinski definition) is 7. The lowest BCUT2D eigenvalue weighted by Crippen LogP contribution is -2.12. The standard InChI is InChI=1S/C19H28O7/c1-7-13(20)26-19-17(24-11-5)15(22-9-3)14(21-8-2)16(23-10-4)18(19)25-12-6/h7H,1,8-12H2,2-6H3. The topological polar surface area (TPSA) is 72.5 Å². The molecular weight excluding hydrogens is 340 g/mol. The first kappa shape index (κ1) is 21.5. The third-order valence-corrected chi connectivity index (χ3v) is 3.05. The van der Waals surface area contributed by atoms with Crippen molar-refractivity contribution in [1.82, 2.24) is 0 Å². The maximum atomic E-state index is 11.9. The fraction of sp³-hybridized carbons (Fsp3) is 0.526. The smallest absolute Gasteiger partial charge is 0.335 e. The molecule has 0 saturated heterocycles. The van der Waals surface area contributed by atoms with Crippen LogP contribution in [-0.2, 0) is 4.79 Å². The van der Waals surface area contributed by atoms with E-state index >= 15 is 0 Å². The van der Waals surface area contributed by atoms with Gasteiger partial charge in [-0.05, 0) is 34.6 Å². The molecule has 0 bridgehead atoms. The average molecular weight is 368 g/mol. The molecule has 146 valence electrons. The van der Waals surface area contributed by atoms with E-state index in [1.165, 1.54) is 0 Å². The highest BCUT2D eigenvalue weighted by Crippen LogP contribution is 2.58. The second kappa shape index (κ2) is 11.1. The van der Waals surface area contributed by atoms with Crippen molar-refractivity contribution in [3.05, 3.63) is 12.7 Å². The van der Waals surface area contributed by atoms with Crippen molar-refractivity contribution >= 4 is 5.97 Å². The Bertz CT molecular complexity index is 573. The molecule has 0 aliphatic carbocycles. The lowest BCUT2D eigenvalue weighted by atomic mass is 10.2. The third kappa shape index (κ3) is 4.97. The largest absolute Gasteiger partial charge is 0.487 e. The SMILES string of the molecule is C=CC(=O)Oc1c(OCC)c(OCC)c(OCC)c(OCC)c1OCC. The molecule has 1 aromatic carbocycles. The summed E-state index contributed by atoms with van der Waals surface area (Å²) in [5.41, 5.74) is 0. The van der Waals surface area contributed by atoms with Gasteiger partial charge in [0.25, 0.3) is 0 Å². The van der Waals surface area contributed by atoms with Crippen LogP contribution in [-0.4, -0.2) is 39.0 Å². The first-order valence-corrected chi connectivity index (χ1v) is 8.81. The minimum atomic E-state index is -0.652. The molecule has 26 heavy (non-hydrogen) atoms. The van der Waals surface area contributed by atoms with Gasteiger partial charge < -0.3 is 28.4 Å². The molecular formula is C19H28O7. The highest BCUT2D eigenvalue weighted by molar-refractivity contribution is 5.86. The van der Waals surface area contributed by atoms with Crippen molar-refractivity contribution in [3.8, 4) is 34.5 Å². The van der Waals surface area contributed by atoms with Gasteiger partial charge >= 0.3 is 5.97 Å². The molecule has 0 spiro atoms. The second-order valence-corrected chi connectivity index (χ2v) is 4.77. The zero-order valence-electron chi connectivity index (χ0n) is 16.2. The van der Waals surface area contributed by atoms with Crippen LogP contribution in [0.4, 0.5) is 0 Å². The summed E-state index contributed by atoms with van der Waals surface area (Å²) in [4.78, 5) is 11.9. The van der Waals surface area contributed by atoms with Crippen molar-refractivity contribution < 1.29 is 33.2 Å². The van der Waals surface area contributed by atoms with E-state index in [2.05, 4.69) is 6.58 Å². The van der Waals surface area contributed by atoms with E-state index in [1.54, 1.807) is 0 Å². The molecule has 0 fully saturated rings. The third-order valence-electron chi connectivity index (χ3n) is 3.05. The summed E-state index contributed by atoms with van der Waals surface area (Å²) in [7, 11) is 0. The highest BCUT2D eigenvalue weighted by Gasteiger charge is 2.32. The molecule has 0 saturated carbocycles. The molecule has 0 amide bonds. The fourth-order valence-electron chi connectivity index (χ4n) is 2.23. The average Bonchev–Trinajstić information content (AvgIpc) is 2.63. The zero-order chi connectivity index (χ0) is 19.5. The van der Waals surface area contributed by atoms with Crippen LogP contribution >= 0.6 is 0 Å². The predicted octanol–water partition coefficient (Wildman–Crippen LogP) is 3.77. The van der Waals surface area contributed by atoms with Gasteiger partial charge in [-0.15, -0.1) is 0 Å². The Kier molecular flexibility index (Phi) is 9.19. The molecule has 0 aliphatic rings. The Morgan fingerprint density at radius 2 is 0.923 bits per heavy atom. The monoisotopic (exact) mass is 368 g/mol. The maximum Gasteiger partial charge on any atom is 0.335 e. The summed E-state index contributed by atoms with van der Waals surface area (Å²) in [6.45, 7) is 14.3. The van der Waals surface area contributed by atoms with E-state index in [4.69, 9.17) is 28.4 Å². The van der Waals surface area contributed by atoms with Crippen molar-refractivity contribution in [3.63, 3.8) is 0 Å². The van der Waals surface area contributed by atoms with Crippen LogP contribution in [0.3, 0.4) is 0 Å². The summed E-state index contributed by atoms with van der Waals surface area (Å²) in [5.74, 6) is 0.821.